The number of hydrogen-bond acceptors (Lipinski definition) is 4. The van der Waals surface area contributed by atoms with E-state index in [0.717, 1.165) is 16.8 Å². The van der Waals surface area contributed by atoms with Crippen molar-refractivity contribution in [1.82, 2.24) is 14.8 Å². The first kappa shape index (κ1) is 17.4. The van der Waals surface area contributed by atoms with Crippen molar-refractivity contribution in [3.8, 4) is 11.1 Å². The van der Waals surface area contributed by atoms with Crippen molar-refractivity contribution in [3.05, 3.63) is 65.9 Å². The Kier molecular flexibility index (Phi) is 4.73. The van der Waals surface area contributed by atoms with Gasteiger partial charge in [-0.15, -0.1) is 11.3 Å². The van der Waals surface area contributed by atoms with E-state index >= 15 is 0 Å². The lowest BCUT2D eigenvalue weighted by molar-refractivity contribution is -0.119. The van der Waals surface area contributed by atoms with Crippen molar-refractivity contribution < 1.29 is 4.79 Å². The van der Waals surface area contributed by atoms with Crippen LogP contribution >= 0.6 is 11.3 Å². The maximum absolute atomic E-state index is 12.7. The lowest BCUT2D eigenvalue weighted by Crippen LogP contribution is -2.25. The van der Waals surface area contributed by atoms with Crippen LogP contribution < -0.4 is 5.32 Å². The summed E-state index contributed by atoms with van der Waals surface area (Å²) in [4.78, 5) is 17.0. The molecule has 2 aromatic heterocycles. The Balaban J connectivity index is 1.63. The number of carbonyl (C=O) groups is 1. The monoisotopic (exact) mass is 376 g/mol. The van der Waals surface area contributed by atoms with Gasteiger partial charge in [-0.3, -0.25) is 9.48 Å². The van der Waals surface area contributed by atoms with Crippen LogP contribution in [0.5, 0.6) is 0 Å². The van der Waals surface area contributed by atoms with Gasteiger partial charge in [0.25, 0.3) is 5.91 Å². The van der Waals surface area contributed by atoms with Crippen LogP contribution in [0.3, 0.4) is 0 Å². The van der Waals surface area contributed by atoms with Gasteiger partial charge < -0.3 is 5.32 Å². The molecule has 2 aromatic carbocycles. The summed E-state index contributed by atoms with van der Waals surface area (Å²) in [6.07, 6.45) is 4.42. The van der Waals surface area contributed by atoms with E-state index in [1.54, 1.807) is 4.68 Å². The summed E-state index contributed by atoms with van der Waals surface area (Å²) in [5, 5.41) is 12.3. The summed E-state index contributed by atoms with van der Waals surface area (Å²) in [6.45, 7) is 3.89. The third kappa shape index (κ3) is 3.48. The van der Waals surface area contributed by atoms with Crippen LogP contribution in [0.2, 0.25) is 0 Å². The van der Waals surface area contributed by atoms with E-state index in [9.17, 15) is 4.79 Å². The molecular formula is C21H20N4OS. The number of aryl methyl sites for hydroxylation is 1. The fraction of sp³-hybridized carbons (Fsp3) is 0.190. The minimum atomic E-state index is -0.377. The number of amides is 1. The molecule has 0 radical (unpaired) electrons. The lowest BCUT2D eigenvalue weighted by Gasteiger charge is -2.14. The summed E-state index contributed by atoms with van der Waals surface area (Å²) < 4.78 is 1.74. The second-order valence-corrected chi connectivity index (χ2v) is 7.30. The summed E-state index contributed by atoms with van der Waals surface area (Å²) in [7, 11) is 0. The smallest absolute Gasteiger partial charge is 0.251 e. The summed E-state index contributed by atoms with van der Waals surface area (Å²) in [5.41, 5.74) is 3.02. The van der Waals surface area contributed by atoms with Gasteiger partial charge in [0, 0.05) is 17.1 Å². The molecule has 136 valence electrons. The van der Waals surface area contributed by atoms with Gasteiger partial charge in [0.1, 0.15) is 6.04 Å². The molecule has 27 heavy (non-hydrogen) atoms. The van der Waals surface area contributed by atoms with E-state index in [1.807, 2.05) is 49.8 Å². The minimum absolute atomic E-state index is 0.0978. The quantitative estimate of drug-likeness (QED) is 0.530. The Labute approximate surface area is 161 Å². The highest BCUT2D eigenvalue weighted by molar-refractivity contribution is 7.13. The standard InChI is InChI=1S/C21H20N4OS/c1-3-19(20(26)24-21-23-14(2)13-27-21)25-12-16(11-22-25)18-10-6-8-15-7-4-5-9-17(15)18/h4-13,19H,3H2,1-2H3,(H,23,24,26). The van der Waals surface area contributed by atoms with Crippen LogP contribution in [-0.4, -0.2) is 20.7 Å². The Morgan fingerprint density at radius 3 is 2.81 bits per heavy atom. The largest absolute Gasteiger partial charge is 0.300 e. The molecule has 0 saturated carbocycles. The van der Waals surface area contributed by atoms with Crippen molar-refractivity contribution in [3.63, 3.8) is 0 Å². The average Bonchev–Trinajstić information content (AvgIpc) is 3.31. The molecule has 1 N–H and O–H groups in total. The molecule has 0 aliphatic heterocycles. The minimum Gasteiger partial charge on any atom is -0.300 e. The number of nitrogens with zero attached hydrogens (tertiary/aromatic N) is 3. The van der Waals surface area contributed by atoms with E-state index in [4.69, 9.17) is 0 Å². The van der Waals surface area contributed by atoms with Gasteiger partial charge in [0.2, 0.25) is 0 Å². The van der Waals surface area contributed by atoms with Crippen molar-refractivity contribution in [2.75, 3.05) is 5.32 Å². The SMILES string of the molecule is CCC(C(=O)Nc1nc(C)cs1)n1cc(-c2cccc3ccccc23)cn1. The molecule has 6 heteroatoms. The highest BCUT2D eigenvalue weighted by Gasteiger charge is 2.21. The fourth-order valence-corrected chi connectivity index (χ4v) is 3.91. The van der Waals surface area contributed by atoms with Crippen LogP contribution in [-0.2, 0) is 4.79 Å². The number of anilines is 1. The summed E-state index contributed by atoms with van der Waals surface area (Å²) in [6, 6.07) is 14.1. The maximum Gasteiger partial charge on any atom is 0.251 e. The normalized spacial score (nSPS) is 12.2. The van der Waals surface area contributed by atoms with E-state index in [2.05, 4.69) is 39.7 Å². The van der Waals surface area contributed by atoms with Crippen molar-refractivity contribution in [1.29, 1.82) is 0 Å². The maximum atomic E-state index is 12.7. The zero-order chi connectivity index (χ0) is 18.8. The molecule has 5 nitrogen and oxygen atoms in total. The number of aromatic nitrogens is 3. The van der Waals surface area contributed by atoms with E-state index in [-0.39, 0.29) is 11.9 Å². The molecule has 0 spiro atoms. The molecule has 0 aliphatic rings. The average molecular weight is 376 g/mol. The molecule has 0 bridgehead atoms. The van der Waals surface area contributed by atoms with E-state index in [0.29, 0.717) is 11.6 Å². The Morgan fingerprint density at radius 2 is 2.04 bits per heavy atom. The van der Waals surface area contributed by atoms with E-state index in [1.165, 1.54) is 22.1 Å². The predicted octanol–water partition coefficient (Wildman–Crippen LogP) is 5.06. The van der Waals surface area contributed by atoms with Crippen molar-refractivity contribution in [2.24, 2.45) is 0 Å². The first-order chi connectivity index (χ1) is 13.2. The number of rotatable bonds is 5. The molecule has 1 amide bonds. The van der Waals surface area contributed by atoms with Crippen LogP contribution in [0, 0.1) is 6.92 Å². The second-order valence-electron chi connectivity index (χ2n) is 6.44. The highest BCUT2D eigenvalue weighted by Crippen LogP contribution is 2.29. The van der Waals surface area contributed by atoms with Crippen LogP contribution in [0.15, 0.2) is 60.2 Å². The number of thiazole rings is 1. The van der Waals surface area contributed by atoms with Crippen molar-refractivity contribution >= 4 is 33.1 Å². The number of benzene rings is 2. The molecule has 0 fully saturated rings. The fourth-order valence-electron chi connectivity index (χ4n) is 3.22. The number of carbonyl (C=O) groups excluding carboxylic acids is 1. The molecule has 0 saturated heterocycles. The summed E-state index contributed by atoms with van der Waals surface area (Å²) >= 11 is 1.43. The van der Waals surface area contributed by atoms with Gasteiger partial charge in [-0.05, 0) is 29.7 Å². The molecule has 0 aliphatic carbocycles. The van der Waals surface area contributed by atoms with Gasteiger partial charge in [0.15, 0.2) is 5.13 Å². The number of hydrogen-bond donors (Lipinski definition) is 1. The second kappa shape index (κ2) is 7.32. The van der Waals surface area contributed by atoms with Crippen LogP contribution in [0.1, 0.15) is 25.1 Å². The third-order valence-corrected chi connectivity index (χ3v) is 5.44. The van der Waals surface area contributed by atoms with Crippen molar-refractivity contribution in [2.45, 2.75) is 26.3 Å². The summed E-state index contributed by atoms with van der Waals surface area (Å²) in [5.74, 6) is -0.0978. The first-order valence-corrected chi connectivity index (χ1v) is 9.79. The number of fused-ring (bicyclic) bond motifs is 1. The number of nitrogens with one attached hydrogen (secondary N) is 1. The molecular weight excluding hydrogens is 356 g/mol. The third-order valence-electron chi connectivity index (χ3n) is 4.56. The zero-order valence-electron chi connectivity index (χ0n) is 15.2. The van der Waals surface area contributed by atoms with Gasteiger partial charge in [-0.1, -0.05) is 49.4 Å². The molecule has 4 aromatic rings. The topological polar surface area (TPSA) is 59.8 Å². The molecule has 1 unspecified atom stereocenters. The van der Waals surface area contributed by atoms with Crippen LogP contribution in [0.25, 0.3) is 21.9 Å². The Bertz CT molecular complexity index is 1090. The van der Waals surface area contributed by atoms with Crippen LogP contribution in [0.4, 0.5) is 5.13 Å². The molecule has 2 heterocycles. The predicted molar refractivity (Wildman–Crippen MR) is 110 cm³/mol. The zero-order valence-corrected chi connectivity index (χ0v) is 16.0. The first-order valence-electron chi connectivity index (χ1n) is 8.91. The van der Waals surface area contributed by atoms with Gasteiger partial charge in [-0.25, -0.2) is 4.98 Å². The molecule has 4 rings (SSSR count). The lowest BCUT2D eigenvalue weighted by atomic mass is 10.0. The highest BCUT2D eigenvalue weighted by atomic mass is 32.1. The Morgan fingerprint density at radius 1 is 1.22 bits per heavy atom. The van der Waals surface area contributed by atoms with Gasteiger partial charge in [-0.2, -0.15) is 5.10 Å². The van der Waals surface area contributed by atoms with Gasteiger partial charge >= 0.3 is 0 Å². The van der Waals surface area contributed by atoms with Gasteiger partial charge in [0.05, 0.1) is 11.9 Å². The van der Waals surface area contributed by atoms with E-state index < -0.39 is 0 Å². The Hall–Kier alpha value is -2.99. The molecule has 1 atom stereocenters.